The highest BCUT2D eigenvalue weighted by Gasteiger charge is 2.20. The summed E-state index contributed by atoms with van der Waals surface area (Å²) in [6, 6.07) is 17.1. The van der Waals surface area contributed by atoms with Gasteiger partial charge in [-0.25, -0.2) is 4.98 Å². The minimum absolute atomic E-state index is 0.120. The number of halogens is 1. The fraction of sp³-hybridized carbons (Fsp3) is 0.250. The molecular formula is C24H24ClN3O2. The van der Waals surface area contributed by atoms with Crippen LogP contribution in [0.4, 0.5) is 11.5 Å². The molecule has 6 heteroatoms. The van der Waals surface area contributed by atoms with Crippen LogP contribution in [-0.4, -0.2) is 10.9 Å². The van der Waals surface area contributed by atoms with Crippen molar-refractivity contribution in [3.05, 3.63) is 82.5 Å². The predicted octanol–water partition coefficient (Wildman–Crippen LogP) is 5.98. The standard InChI is InChI=1S/C24H24ClN3O2/c1-15(30-22-13-20(25)14-27-23(22)26)17-7-4-10-21(12-17)28-24(29)19-9-3-8-18(11-19)16-5-2-6-16/h3-4,7-16H,2,5-6H2,1H3,(H2,26,27)(H,28,29)/t15-/m1/s1. The number of benzene rings is 2. The molecule has 0 spiro atoms. The molecule has 1 fully saturated rings. The maximum absolute atomic E-state index is 12.8. The molecule has 1 atom stereocenters. The van der Waals surface area contributed by atoms with Crippen LogP contribution in [0.15, 0.2) is 60.8 Å². The second-order valence-corrected chi connectivity index (χ2v) is 8.07. The van der Waals surface area contributed by atoms with Gasteiger partial charge in [0.05, 0.1) is 5.02 Å². The van der Waals surface area contributed by atoms with Gasteiger partial charge < -0.3 is 15.8 Å². The first-order chi connectivity index (χ1) is 14.5. The van der Waals surface area contributed by atoms with E-state index >= 15 is 0 Å². The number of hydrogen-bond donors (Lipinski definition) is 2. The van der Waals surface area contributed by atoms with Crippen molar-refractivity contribution in [2.75, 3.05) is 11.1 Å². The number of ether oxygens (including phenoxy) is 1. The van der Waals surface area contributed by atoms with Crippen molar-refractivity contribution in [2.24, 2.45) is 0 Å². The molecule has 1 amide bonds. The van der Waals surface area contributed by atoms with Gasteiger partial charge in [-0.15, -0.1) is 0 Å². The number of nitrogens with zero attached hydrogens (tertiary/aromatic N) is 1. The molecular weight excluding hydrogens is 398 g/mol. The summed E-state index contributed by atoms with van der Waals surface area (Å²) in [6.07, 6.45) is 4.86. The second-order valence-electron chi connectivity index (χ2n) is 7.63. The second kappa shape index (κ2) is 8.76. The van der Waals surface area contributed by atoms with Crippen LogP contribution in [0.5, 0.6) is 5.75 Å². The summed E-state index contributed by atoms with van der Waals surface area (Å²) in [4.78, 5) is 16.8. The van der Waals surface area contributed by atoms with E-state index in [0.29, 0.717) is 27.9 Å². The van der Waals surface area contributed by atoms with Gasteiger partial charge in [-0.1, -0.05) is 42.3 Å². The predicted molar refractivity (Wildman–Crippen MR) is 120 cm³/mol. The number of pyridine rings is 1. The van der Waals surface area contributed by atoms with Crippen molar-refractivity contribution in [2.45, 2.75) is 38.2 Å². The van der Waals surface area contributed by atoms with Crippen LogP contribution in [0.3, 0.4) is 0 Å². The maximum atomic E-state index is 12.8. The first kappa shape index (κ1) is 20.2. The minimum Gasteiger partial charge on any atom is -0.482 e. The van der Waals surface area contributed by atoms with Gasteiger partial charge in [-0.2, -0.15) is 0 Å². The summed E-state index contributed by atoms with van der Waals surface area (Å²) in [5.41, 5.74) is 9.40. The molecule has 30 heavy (non-hydrogen) atoms. The van der Waals surface area contributed by atoms with E-state index < -0.39 is 0 Å². The number of nitrogen functional groups attached to an aromatic ring is 1. The number of nitrogens with two attached hydrogens (primary N) is 1. The lowest BCUT2D eigenvalue weighted by Gasteiger charge is -2.26. The molecule has 1 saturated carbocycles. The van der Waals surface area contributed by atoms with Crippen LogP contribution in [0, 0.1) is 0 Å². The summed E-state index contributed by atoms with van der Waals surface area (Å²) in [6.45, 7) is 1.91. The normalized spacial score (nSPS) is 14.6. The van der Waals surface area contributed by atoms with Crippen LogP contribution in [0.25, 0.3) is 0 Å². The zero-order valence-electron chi connectivity index (χ0n) is 16.8. The fourth-order valence-corrected chi connectivity index (χ4v) is 3.68. The van der Waals surface area contributed by atoms with Gasteiger partial charge >= 0.3 is 0 Å². The van der Waals surface area contributed by atoms with Crippen molar-refractivity contribution in [3.8, 4) is 5.75 Å². The highest BCUT2D eigenvalue weighted by atomic mass is 35.5. The molecule has 5 nitrogen and oxygen atoms in total. The number of nitrogens with one attached hydrogen (secondary N) is 1. The van der Waals surface area contributed by atoms with E-state index in [-0.39, 0.29) is 17.8 Å². The first-order valence-corrected chi connectivity index (χ1v) is 10.5. The van der Waals surface area contributed by atoms with Gasteiger partial charge in [0.15, 0.2) is 11.6 Å². The quantitative estimate of drug-likeness (QED) is 0.513. The van der Waals surface area contributed by atoms with E-state index in [1.165, 1.54) is 31.0 Å². The third kappa shape index (κ3) is 4.57. The topological polar surface area (TPSA) is 77.2 Å². The maximum Gasteiger partial charge on any atom is 0.255 e. The number of amides is 1. The van der Waals surface area contributed by atoms with Crippen LogP contribution in [0.2, 0.25) is 5.02 Å². The summed E-state index contributed by atoms with van der Waals surface area (Å²) in [5.74, 6) is 1.18. The molecule has 1 heterocycles. The Balaban J connectivity index is 1.46. The minimum atomic E-state index is -0.300. The molecule has 3 aromatic rings. The van der Waals surface area contributed by atoms with E-state index in [4.69, 9.17) is 22.1 Å². The third-order valence-electron chi connectivity index (χ3n) is 5.49. The number of anilines is 2. The number of rotatable bonds is 6. The smallest absolute Gasteiger partial charge is 0.255 e. The van der Waals surface area contributed by atoms with Crippen LogP contribution >= 0.6 is 11.6 Å². The van der Waals surface area contributed by atoms with Gasteiger partial charge in [0, 0.05) is 23.5 Å². The summed E-state index contributed by atoms with van der Waals surface area (Å²) < 4.78 is 5.93. The number of aromatic nitrogens is 1. The largest absolute Gasteiger partial charge is 0.482 e. The van der Waals surface area contributed by atoms with Crippen molar-refractivity contribution in [1.82, 2.24) is 4.98 Å². The number of carbonyl (C=O) groups excluding carboxylic acids is 1. The SMILES string of the molecule is C[C@@H](Oc1cc(Cl)cnc1N)c1cccc(NC(=O)c2cccc(C3CCC3)c2)c1. The van der Waals surface area contributed by atoms with Gasteiger partial charge in [-0.05, 0) is 61.1 Å². The molecule has 0 aliphatic heterocycles. The molecule has 2 aromatic carbocycles. The molecule has 1 aliphatic rings. The van der Waals surface area contributed by atoms with Crippen molar-refractivity contribution in [1.29, 1.82) is 0 Å². The number of hydrogen-bond acceptors (Lipinski definition) is 4. The molecule has 4 rings (SSSR count). The van der Waals surface area contributed by atoms with E-state index in [2.05, 4.69) is 16.4 Å². The highest BCUT2D eigenvalue weighted by molar-refractivity contribution is 6.30. The Morgan fingerprint density at radius 2 is 2.00 bits per heavy atom. The molecule has 1 aromatic heterocycles. The number of carbonyl (C=O) groups is 1. The summed E-state index contributed by atoms with van der Waals surface area (Å²) >= 11 is 5.98. The van der Waals surface area contributed by atoms with E-state index in [1.54, 1.807) is 6.07 Å². The van der Waals surface area contributed by atoms with Crippen molar-refractivity contribution >= 4 is 29.0 Å². The zero-order chi connectivity index (χ0) is 21.1. The molecule has 1 aliphatic carbocycles. The van der Waals surface area contributed by atoms with Gasteiger partial charge in [-0.3, -0.25) is 4.79 Å². The molecule has 0 radical (unpaired) electrons. The average molecular weight is 422 g/mol. The molecule has 154 valence electrons. The van der Waals surface area contributed by atoms with Crippen molar-refractivity contribution in [3.63, 3.8) is 0 Å². The Hall–Kier alpha value is -3.05. The monoisotopic (exact) mass is 421 g/mol. The lowest BCUT2D eigenvalue weighted by atomic mass is 9.80. The Kier molecular flexibility index (Phi) is 5.91. The Bertz CT molecular complexity index is 1070. The molecule has 3 N–H and O–H groups in total. The molecule has 0 unspecified atom stereocenters. The first-order valence-electron chi connectivity index (χ1n) is 10.1. The van der Waals surface area contributed by atoms with Crippen LogP contribution in [-0.2, 0) is 0 Å². The molecule has 0 saturated heterocycles. The van der Waals surface area contributed by atoms with Crippen LogP contribution < -0.4 is 15.8 Å². The average Bonchev–Trinajstić information content (AvgIpc) is 2.70. The van der Waals surface area contributed by atoms with E-state index in [9.17, 15) is 4.79 Å². The van der Waals surface area contributed by atoms with E-state index in [0.717, 1.165) is 5.56 Å². The van der Waals surface area contributed by atoms with Gasteiger partial charge in [0.2, 0.25) is 0 Å². The third-order valence-corrected chi connectivity index (χ3v) is 5.70. The Morgan fingerprint density at radius 3 is 2.77 bits per heavy atom. The molecule has 0 bridgehead atoms. The van der Waals surface area contributed by atoms with Crippen LogP contribution in [0.1, 0.15) is 59.7 Å². The van der Waals surface area contributed by atoms with Gasteiger partial charge in [0.1, 0.15) is 6.10 Å². The van der Waals surface area contributed by atoms with E-state index in [1.807, 2.05) is 49.4 Å². The lowest BCUT2D eigenvalue weighted by molar-refractivity contribution is 0.102. The fourth-order valence-electron chi connectivity index (χ4n) is 3.53. The zero-order valence-corrected chi connectivity index (χ0v) is 17.5. The summed E-state index contributed by atoms with van der Waals surface area (Å²) in [5, 5.41) is 3.44. The highest BCUT2D eigenvalue weighted by Crippen LogP contribution is 2.36. The Labute approximate surface area is 181 Å². The van der Waals surface area contributed by atoms with Gasteiger partial charge in [0.25, 0.3) is 5.91 Å². The van der Waals surface area contributed by atoms with Crippen molar-refractivity contribution < 1.29 is 9.53 Å². The summed E-state index contributed by atoms with van der Waals surface area (Å²) in [7, 11) is 0. The lowest BCUT2D eigenvalue weighted by Crippen LogP contribution is -2.14. The Morgan fingerprint density at radius 1 is 1.20 bits per heavy atom.